The van der Waals surface area contributed by atoms with Gasteiger partial charge in [0.2, 0.25) is 5.91 Å². The largest absolute Gasteiger partial charge is 0.377 e. The van der Waals surface area contributed by atoms with Crippen molar-refractivity contribution in [3.05, 3.63) is 70.1 Å². The van der Waals surface area contributed by atoms with E-state index in [2.05, 4.69) is 6.58 Å². The second-order valence-electron chi connectivity index (χ2n) is 5.96. The fraction of sp³-hybridized carbons (Fsp3) is 0.263. The first kappa shape index (κ1) is 17.5. The van der Waals surface area contributed by atoms with Crippen LogP contribution in [0.5, 0.6) is 0 Å². The molecule has 1 amide bonds. The number of hydrogen-bond donors (Lipinski definition) is 0. The number of morpholine rings is 1. The second-order valence-corrected chi connectivity index (χ2v) is 6.40. The van der Waals surface area contributed by atoms with Gasteiger partial charge in [0.1, 0.15) is 0 Å². The molecule has 2 heterocycles. The van der Waals surface area contributed by atoms with Gasteiger partial charge >= 0.3 is 0 Å². The number of ether oxygens (including phenoxy) is 1. The Morgan fingerprint density at radius 3 is 2.84 bits per heavy atom. The van der Waals surface area contributed by atoms with Crippen LogP contribution in [-0.4, -0.2) is 35.1 Å². The number of carbonyl (C=O) groups is 1. The number of pyridine rings is 1. The highest BCUT2D eigenvalue weighted by molar-refractivity contribution is 6.31. The first-order chi connectivity index (χ1) is 12.0. The molecule has 1 aliphatic heterocycles. The lowest BCUT2D eigenvalue weighted by molar-refractivity contribution is -0.134. The smallest absolute Gasteiger partial charge is 0.250 e. The summed E-state index contributed by atoms with van der Waals surface area (Å²) in [5, 5.41) is 0.546. The van der Waals surface area contributed by atoms with Crippen LogP contribution in [0, 0.1) is 0 Å². The average Bonchev–Trinajstić information content (AvgIpc) is 2.62. The van der Waals surface area contributed by atoms with Crippen LogP contribution in [0.15, 0.2) is 54.0 Å². The van der Waals surface area contributed by atoms with Gasteiger partial charge in [-0.05, 0) is 47.0 Å². The van der Waals surface area contributed by atoms with E-state index in [1.807, 2.05) is 24.3 Å². The van der Waals surface area contributed by atoms with Crippen molar-refractivity contribution in [2.75, 3.05) is 19.8 Å². The van der Waals surface area contributed by atoms with E-state index in [1.54, 1.807) is 24.2 Å². The van der Waals surface area contributed by atoms with Gasteiger partial charge in [-0.25, -0.2) is 0 Å². The molecular weight excluding hydrogens is 340 g/mol. The van der Waals surface area contributed by atoms with Crippen LogP contribution in [0.2, 0.25) is 5.02 Å². The van der Waals surface area contributed by atoms with Crippen LogP contribution in [-0.2, 0) is 16.6 Å². The van der Waals surface area contributed by atoms with E-state index in [0.717, 1.165) is 16.7 Å². The first-order valence-corrected chi connectivity index (χ1v) is 8.35. The molecule has 1 aromatic carbocycles. The molecule has 1 aliphatic rings. The summed E-state index contributed by atoms with van der Waals surface area (Å²) in [4.78, 5) is 25.8. The lowest BCUT2D eigenvalue weighted by atomic mass is 9.98. The molecule has 1 fully saturated rings. The van der Waals surface area contributed by atoms with Gasteiger partial charge in [-0.1, -0.05) is 18.2 Å². The Balaban J connectivity index is 2.03. The Morgan fingerprint density at radius 2 is 2.12 bits per heavy atom. The maximum Gasteiger partial charge on any atom is 0.250 e. The van der Waals surface area contributed by atoms with E-state index in [4.69, 9.17) is 16.3 Å². The maximum atomic E-state index is 12.1. The maximum absolute atomic E-state index is 12.1. The Bertz CT molecular complexity index is 875. The van der Waals surface area contributed by atoms with E-state index >= 15 is 0 Å². The molecule has 3 rings (SSSR count). The number of carbonyl (C=O) groups excluding carboxylic acids is 1. The highest BCUT2D eigenvalue weighted by atomic mass is 35.5. The summed E-state index contributed by atoms with van der Waals surface area (Å²) in [7, 11) is 1.70. The van der Waals surface area contributed by atoms with Crippen LogP contribution in [0.25, 0.3) is 11.1 Å². The van der Waals surface area contributed by atoms with Gasteiger partial charge in [-0.3, -0.25) is 9.59 Å². The molecule has 0 bridgehead atoms. The van der Waals surface area contributed by atoms with Crippen molar-refractivity contribution in [3.63, 3.8) is 0 Å². The normalized spacial score (nSPS) is 17.4. The summed E-state index contributed by atoms with van der Waals surface area (Å²) in [5.74, 6) is -0.136. The summed E-state index contributed by atoms with van der Waals surface area (Å²) >= 11 is 6.30. The zero-order valence-electron chi connectivity index (χ0n) is 13.9. The molecule has 25 heavy (non-hydrogen) atoms. The number of rotatable bonds is 3. The highest BCUT2D eigenvalue weighted by Crippen LogP contribution is 2.31. The number of benzene rings is 1. The fourth-order valence-corrected chi connectivity index (χ4v) is 3.20. The average molecular weight is 359 g/mol. The zero-order chi connectivity index (χ0) is 18.0. The van der Waals surface area contributed by atoms with Gasteiger partial charge in [0.15, 0.2) is 0 Å². The molecule has 1 atom stereocenters. The van der Waals surface area contributed by atoms with Gasteiger partial charge in [0.25, 0.3) is 5.56 Å². The number of nitrogens with zero attached hydrogens (tertiary/aromatic N) is 2. The van der Waals surface area contributed by atoms with Crippen LogP contribution < -0.4 is 5.56 Å². The number of halogens is 1. The number of hydrogen-bond acceptors (Lipinski definition) is 3. The second kappa shape index (κ2) is 7.25. The minimum Gasteiger partial charge on any atom is -0.377 e. The molecule has 0 N–H and O–H groups in total. The molecule has 6 heteroatoms. The molecule has 0 unspecified atom stereocenters. The molecule has 2 aromatic rings. The molecule has 0 aliphatic carbocycles. The van der Waals surface area contributed by atoms with Crippen LogP contribution >= 0.6 is 11.6 Å². The zero-order valence-corrected chi connectivity index (χ0v) is 14.7. The third-order valence-corrected chi connectivity index (χ3v) is 4.55. The first-order valence-electron chi connectivity index (χ1n) is 7.98. The topological polar surface area (TPSA) is 51.5 Å². The standard InChI is InChI=1S/C19H19ClN2O3/c1-3-18(23)22-6-7-25-12-17(22)15-8-14(9-16(20)10-15)13-4-5-21(2)19(24)11-13/h3-5,8-11,17H,1,6-7,12H2,2H3/t17-/m0/s1. The highest BCUT2D eigenvalue weighted by Gasteiger charge is 2.27. The Kier molecular flexibility index (Phi) is 5.06. The van der Waals surface area contributed by atoms with Crippen molar-refractivity contribution in [2.45, 2.75) is 6.04 Å². The molecular formula is C19H19ClN2O3. The monoisotopic (exact) mass is 358 g/mol. The fourth-order valence-electron chi connectivity index (χ4n) is 2.96. The van der Waals surface area contributed by atoms with Gasteiger partial charge in [-0.2, -0.15) is 0 Å². The van der Waals surface area contributed by atoms with Gasteiger partial charge < -0.3 is 14.2 Å². The van der Waals surface area contributed by atoms with Crippen LogP contribution in [0.1, 0.15) is 11.6 Å². The summed E-state index contributed by atoms with van der Waals surface area (Å²) in [6.07, 6.45) is 3.03. The minimum atomic E-state index is -0.233. The lowest BCUT2D eigenvalue weighted by Gasteiger charge is -2.35. The lowest BCUT2D eigenvalue weighted by Crippen LogP contribution is -2.42. The van der Waals surface area contributed by atoms with E-state index in [1.165, 1.54) is 10.6 Å². The summed E-state index contributed by atoms with van der Waals surface area (Å²) in [5.41, 5.74) is 2.39. The summed E-state index contributed by atoms with van der Waals surface area (Å²) in [6.45, 7) is 4.97. The quantitative estimate of drug-likeness (QED) is 0.793. The number of aryl methyl sites for hydroxylation is 1. The van der Waals surface area contributed by atoms with Gasteiger partial charge in [0.05, 0.1) is 19.3 Å². The third kappa shape index (κ3) is 3.67. The van der Waals surface area contributed by atoms with Crippen LogP contribution in [0.3, 0.4) is 0 Å². The Labute approximate surface area is 151 Å². The van der Waals surface area contributed by atoms with E-state index < -0.39 is 0 Å². The van der Waals surface area contributed by atoms with E-state index in [0.29, 0.717) is 24.8 Å². The van der Waals surface area contributed by atoms with Gasteiger partial charge in [-0.15, -0.1) is 0 Å². The van der Waals surface area contributed by atoms with Crippen molar-refractivity contribution in [3.8, 4) is 11.1 Å². The SMILES string of the molecule is C=CC(=O)N1CCOC[C@H]1c1cc(Cl)cc(-c2ccn(C)c(=O)c2)c1. The van der Waals surface area contributed by atoms with E-state index in [9.17, 15) is 9.59 Å². The van der Waals surface area contributed by atoms with Crippen molar-refractivity contribution in [2.24, 2.45) is 7.05 Å². The minimum absolute atomic E-state index is 0.0940. The third-order valence-electron chi connectivity index (χ3n) is 4.33. The number of amides is 1. The molecule has 5 nitrogen and oxygen atoms in total. The van der Waals surface area contributed by atoms with Crippen molar-refractivity contribution >= 4 is 17.5 Å². The predicted octanol–water partition coefficient (Wildman–Crippen LogP) is 2.79. The van der Waals surface area contributed by atoms with Crippen molar-refractivity contribution < 1.29 is 9.53 Å². The van der Waals surface area contributed by atoms with Gasteiger partial charge in [0, 0.05) is 30.9 Å². The molecule has 0 saturated carbocycles. The van der Waals surface area contributed by atoms with E-state index in [-0.39, 0.29) is 17.5 Å². The summed E-state index contributed by atoms with van der Waals surface area (Å²) < 4.78 is 7.07. The Hall–Kier alpha value is -2.37. The molecule has 1 saturated heterocycles. The number of aromatic nitrogens is 1. The summed E-state index contributed by atoms with van der Waals surface area (Å²) in [6, 6.07) is 8.78. The predicted molar refractivity (Wildman–Crippen MR) is 97.6 cm³/mol. The molecule has 0 spiro atoms. The van der Waals surface area contributed by atoms with Crippen molar-refractivity contribution in [1.29, 1.82) is 0 Å². The molecule has 130 valence electrons. The van der Waals surface area contributed by atoms with Crippen LogP contribution in [0.4, 0.5) is 0 Å². The molecule has 1 aromatic heterocycles. The Morgan fingerprint density at radius 1 is 1.32 bits per heavy atom. The molecule has 0 radical (unpaired) electrons. The van der Waals surface area contributed by atoms with Crippen molar-refractivity contribution in [1.82, 2.24) is 9.47 Å².